The SMILES string of the molecule is O=C(CO)N1CCN(CC2Cc3ccccc3O2)CC1. The molecule has 0 aromatic heterocycles. The number of rotatable bonds is 3. The van der Waals surface area contributed by atoms with Gasteiger partial charge in [-0.25, -0.2) is 0 Å². The van der Waals surface area contributed by atoms with E-state index in [-0.39, 0.29) is 18.6 Å². The number of fused-ring (bicyclic) bond motifs is 1. The molecule has 1 aromatic carbocycles. The van der Waals surface area contributed by atoms with Gasteiger partial charge in [0.15, 0.2) is 0 Å². The van der Waals surface area contributed by atoms with Gasteiger partial charge >= 0.3 is 0 Å². The molecule has 20 heavy (non-hydrogen) atoms. The molecule has 2 heterocycles. The number of ether oxygens (including phenoxy) is 1. The lowest BCUT2D eigenvalue weighted by atomic mass is 10.1. The maximum Gasteiger partial charge on any atom is 0.248 e. The second kappa shape index (κ2) is 5.81. The van der Waals surface area contributed by atoms with Gasteiger partial charge in [0.25, 0.3) is 0 Å². The Hall–Kier alpha value is -1.59. The average Bonchev–Trinajstić information content (AvgIpc) is 2.89. The summed E-state index contributed by atoms with van der Waals surface area (Å²) in [5.74, 6) is 0.834. The van der Waals surface area contributed by atoms with Gasteiger partial charge in [-0.15, -0.1) is 0 Å². The van der Waals surface area contributed by atoms with E-state index in [0.717, 1.165) is 31.8 Å². The number of piperazine rings is 1. The van der Waals surface area contributed by atoms with E-state index in [1.165, 1.54) is 5.56 Å². The van der Waals surface area contributed by atoms with Gasteiger partial charge in [-0.1, -0.05) is 18.2 Å². The Bertz CT molecular complexity index is 459. The quantitative estimate of drug-likeness (QED) is 0.852. The van der Waals surface area contributed by atoms with Gasteiger partial charge in [0, 0.05) is 39.1 Å². The van der Waals surface area contributed by atoms with E-state index < -0.39 is 0 Å². The number of aliphatic hydroxyl groups is 1. The van der Waals surface area contributed by atoms with Crippen molar-refractivity contribution in [1.82, 2.24) is 9.80 Å². The predicted molar refractivity (Wildman–Crippen MR) is 74.7 cm³/mol. The van der Waals surface area contributed by atoms with Crippen molar-refractivity contribution in [1.29, 1.82) is 0 Å². The summed E-state index contributed by atoms with van der Waals surface area (Å²) in [5, 5.41) is 8.86. The molecule has 5 heteroatoms. The highest BCUT2D eigenvalue weighted by Crippen LogP contribution is 2.28. The summed E-state index contributed by atoms with van der Waals surface area (Å²) in [4.78, 5) is 15.5. The third-order valence-electron chi connectivity index (χ3n) is 4.04. The Balaban J connectivity index is 1.48. The third-order valence-corrected chi connectivity index (χ3v) is 4.04. The largest absolute Gasteiger partial charge is 0.488 e. The topological polar surface area (TPSA) is 53.0 Å². The van der Waals surface area contributed by atoms with Gasteiger partial charge in [-0.2, -0.15) is 0 Å². The molecule has 5 nitrogen and oxygen atoms in total. The van der Waals surface area contributed by atoms with Crippen LogP contribution in [0.15, 0.2) is 24.3 Å². The normalized spacial score (nSPS) is 22.4. The number of amides is 1. The Kier molecular flexibility index (Phi) is 3.89. The number of carbonyl (C=O) groups excluding carboxylic acids is 1. The minimum Gasteiger partial charge on any atom is -0.488 e. The first kappa shape index (κ1) is 13.4. The number of nitrogens with zero attached hydrogens (tertiary/aromatic N) is 2. The van der Waals surface area contributed by atoms with Crippen LogP contribution in [-0.4, -0.2) is 66.2 Å². The molecule has 0 saturated carbocycles. The first-order chi connectivity index (χ1) is 9.76. The lowest BCUT2D eigenvalue weighted by molar-refractivity contribution is -0.136. The molecule has 1 aromatic rings. The molecule has 3 rings (SSSR count). The van der Waals surface area contributed by atoms with Gasteiger partial charge < -0.3 is 14.7 Å². The summed E-state index contributed by atoms with van der Waals surface area (Å²) in [6, 6.07) is 8.19. The number of aliphatic hydroxyl groups excluding tert-OH is 1. The van der Waals surface area contributed by atoms with Crippen LogP contribution in [0.25, 0.3) is 0 Å². The van der Waals surface area contributed by atoms with Gasteiger partial charge in [0.1, 0.15) is 18.5 Å². The van der Waals surface area contributed by atoms with E-state index in [4.69, 9.17) is 9.84 Å². The fourth-order valence-corrected chi connectivity index (χ4v) is 2.92. The summed E-state index contributed by atoms with van der Waals surface area (Å²) >= 11 is 0. The Morgan fingerprint density at radius 3 is 2.70 bits per heavy atom. The lowest BCUT2D eigenvalue weighted by Gasteiger charge is -2.35. The van der Waals surface area contributed by atoms with E-state index in [2.05, 4.69) is 11.0 Å². The zero-order valence-electron chi connectivity index (χ0n) is 11.5. The molecular weight excluding hydrogens is 256 g/mol. The molecule has 0 spiro atoms. The summed E-state index contributed by atoms with van der Waals surface area (Å²) in [7, 11) is 0. The monoisotopic (exact) mass is 276 g/mol. The van der Waals surface area contributed by atoms with Crippen molar-refractivity contribution in [3.63, 3.8) is 0 Å². The van der Waals surface area contributed by atoms with Crippen LogP contribution >= 0.6 is 0 Å². The molecule has 0 radical (unpaired) electrons. The number of hydrogen-bond acceptors (Lipinski definition) is 4. The summed E-state index contributed by atoms with van der Waals surface area (Å²) in [5.41, 5.74) is 1.28. The number of para-hydroxylation sites is 1. The molecule has 1 saturated heterocycles. The minimum absolute atomic E-state index is 0.172. The van der Waals surface area contributed by atoms with Crippen molar-refractivity contribution in [3.05, 3.63) is 29.8 Å². The van der Waals surface area contributed by atoms with Crippen molar-refractivity contribution >= 4 is 5.91 Å². The summed E-state index contributed by atoms with van der Waals surface area (Å²) in [6.07, 6.45) is 1.18. The number of carbonyl (C=O) groups is 1. The number of hydrogen-bond donors (Lipinski definition) is 1. The van der Waals surface area contributed by atoms with Crippen LogP contribution in [-0.2, 0) is 11.2 Å². The van der Waals surface area contributed by atoms with Gasteiger partial charge in [-0.05, 0) is 11.6 Å². The number of benzene rings is 1. The van der Waals surface area contributed by atoms with Crippen LogP contribution < -0.4 is 4.74 Å². The Morgan fingerprint density at radius 2 is 2.00 bits per heavy atom. The molecule has 2 aliphatic heterocycles. The van der Waals surface area contributed by atoms with E-state index in [1.54, 1.807) is 4.90 Å². The molecule has 1 atom stereocenters. The second-order valence-corrected chi connectivity index (χ2v) is 5.39. The van der Waals surface area contributed by atoms with E-state index >= 15 is 0 Å². The molecular formula is C15H20N2O3. The fourth-order valence-electron chi connectivity index (χ4n) is 2.92. The van der Waals surface area contributed by atoms with Crippen molar-refractivity contribution in [2.75, 3.05) is 39.3 Å². The molecule has 1 unspecified atom stereocenters. The van der Waals surface area contributed by atoms with Crippen LogP contribution in [0.4, 0.5) is 0 Å². The molecule has 1 amide bonds. The van der Waals surface area contributed by atoms with E-state index in [9.17, 15) is 4.79 Å². The van der Waals surface area contributed by atoms with E-state index in [0.29, 0.717) is 13.1 Å². The van der Waals surface area contributed by atoms with Gasteiger partial charge in [0.2, 0.25) is 5.91 Å². The molecule has 1 N–H and O–H groups in total. The first-order valence-electron chi connectivity index (χ1n) is 7.12. The third kappa shape index (κ3) is 2.78. The van der Waals surface area contributed by atoms with Crippen molar-refractivity contribution in [2.24, 2.45) is 0 Å². The minimum atomic E-state index is -0.388. The highest BCUT2D eigenvalue weighted by molar-refractivity contribution is 5.77. The molecule has 108 valence electrons. The van der Waals surface area contributed by atoms with Crippen molar-refractivity contribution in [2.45, 2.75) is 12.5 Å². The summed E-state index contributed by atoms with van der Waals surface area (Å²) in [6.45, 7) is 3.60. The standard InChI is InChI=1S/C15H20N2O3/c18-11-15(19)17-7-5-16(6-8-17)10-13-9-12-3-1-2-4-14(12)20-13/h1-4,13,18H,5-11H2. The molecule has 0 aliphatic carbocycles. The zero-order valence-corrected chi connectivity index (χ0v) is 11.5. The van der Waals surface area contributed by atoms with Gasteiger partial charge in [0.05, 0.1) is 0 Å². The maximum absolute atomic E-state index is 11.4. The molecule has 1 fully saturated rings. The highest BCUT2D eigenvalue weighted by atomic mass is 16.5. The smallest absolute Gasteiger partial charge is 0.248 e. The lowest BCUT2D eigenvalue weighted by Crippen LogP contribution is -2.51. The van der Waals surface area contributed by atoms with Crippen molar-refractivity contribution < 1.29 is 14.6 Å². The zero-order chi connectivity index (χ0) is 13.9. The van der Waals surface area contributed by atoms with Crippen LogP contribution in [0, 0.1) is 0 Å². The summed E-state index contributed by atoms with van der Waals surface area (Å²) < 4.78 is 5.94. The van der Waals surface area contributed by atoms with Crippen LogP contribution in [0.2, 0.25) is 0 Å². The average molecular weight is 276 g/mol. The predicted octanol–water partition coefficient (Wildman–Crippen LogP) is 0.127. The molecule has 0 bridgehead atoms. The van der Waals surface area contributed by atoms with E-state index in [1.807, 2.05) is 18.2 Å². The fraction of sp³-hybridized carbons (Fsp3) is 0.533. The molecule has 2 aliphatic rings. The van der Waals surface area contributed by atoms with Crippen LogP contribution in [0.1, 0.15) is 5.56 Å². The van der Waals surface area contributed by atoms with Crippen LogP contribution in [0.5, 0.6) is 5.75 Å². The van der Waals surface area contributed by atoms with Crippen LogP contribution in [0.3, 0.4) is 0 Å². The Labute approximate surface area is 118 Å². The highest BCUT2D eigenvalue weighted by Gasteiger charge is 2.27. The first-order valence-corrected chi connectivity index (χ1v) is 7.12. The second-order valence-electron chi connectivity index (χ2n) is 5.39. The Morgan fingerprint density at radius 1 is 1.25 bits per heavy atom. The van der Waals surface area contributed by atoms with Crippen molar-refractivity contribution in [3.8, 4) is 5.75 Å². The maximum atomic E-state index is 11.4. The van der Waals surface area contributed by atoms with Gasteiger partial charge in [-0.3, -0.25) is 9.69 Å².